The van der Waals surface area contributed by atoms with Crippen LogP contribution < -0.4 is 25.4 Å². The van der Waals surface area contributed by atoms with Gasteiger partial charge in [-0.25, -0.2) is 13.9 Å². The Bertz CT molecular complexity index is 2180. The Morgan fingerprint density at radius 1 is 0.952 bits per heavy atom. The van der Waals surface area contributed by atoms with Crippen LogP contribution in [0.25, 0.3) is 11.4 Å². The number of hydrogen-bond donors (Lipinski definition) is 4. The van der Waals surface area contributed by atoms with Gasteiger partial charge < -0.3 is 38.9 Å². The van der Waals surface area contributed by atoms with Crippen LogP contribution in [0.2, 0.25) is 0 Å². The molecule has 2 aromatic rings. The first kappa shape index (κ1) is 50.2. The van der Waals surface area contributed by atoms with Gasteiger partial charge in [-0.3, -0.25) is 34.2 Å². The maximum absolute atomic E-state index is 13.9. The second kappa shape index (κ2) is 20.8. The summed E-state index contributed by atoms with van der Waals surface area (Å²) in [5.74, 6) is -3.51. The van der Waals surface area contributed by atoms with Crippen molar-refractivity contribution in [2.75, 3.05) is 25.5 Å². The smallest absolute Gasteiger partial charge is 0.413 e. The van der Waals surface area contributed by atoms with Crippen molar-refractivity contribution >= 4 is 62.7 Å². The minimum atomic E-state index is -5.19. The standard InChI is InChI=1S/C39H56N8O14S2/c1-11-13-15-56-26-17-22(40-20-28(26)57-16-14-12-2)23-18-27(60-45-23)31(48)41-19-25-30(33(50)47(25)63(53,54)55)43-32(49)29(46-61-39(9,10)34(51)58-37(3,4)5)24-21-62-35(42-24)44-36(52)59-38(6,7)8/h17-18,20,24-25,30H,11-16,19,21H2,1-10H3,(H,41,48)(H,43,49)(H,42,44,52)(H,53,54,55)/b46-29-/t24?,25-,30+/m1/s1. The highest BCUT2D eigenvalue weighted by Crippen LogP contribution is 2.32. The number of hydrogen-bond acceptors (Lipinski definition) is 18. The van der Waals surface area contributed by atoms with Gasteiger partial charge in [0.2, 0.25) is 11.4 Å². The number of aromatic nitrogens is 2. The molecule has 2 aliphatic heterocycles. The van der Waals surface area contributed by atoms with E-state index in [4.69, 9.17) is 28.3 Å². The van der Waals surface area contributed by atoms with Crippen LogP contribution in [0.5, 0.6) is 11.5 Å². The molecule has 2 aromatic heterocycles. The van der Waals surface area contributed by atoms with E-state index in [-0.39, 0.29) is 26.7 Å². The highest BCUT2D eigenvalue weighted by Gasteiger charge is 2.54. The maximum Gasteiger partial charge on any atom is 0.413 e. The molecule has 24 heteroatoms. The largest absolute Gasteiger partial charge is 0.490 e. The molecular formula is C39H56N8O14S2. The normalized spacial score (nSPS) is 18.2. The predicted molar refractivity (Wildman–Crippen MR) is 228 cm³/mol. The molecular weight excluding hydrogens is 869 g/mol. The third-order valence-corrected chi connectivity index (χ3v) is 10.5. The van der Waals surface area contributed by atoms with Gasteiger partial charge in [-0.15, -0.1) is 0 Å². The summed E-state index contributed by atoms with van der Waals surface area (Å²) in [5.41, 5.74) is -3.51. The van der Waals surface area contributed by atoms with Crippen molar-refractivity contribution in [3.05, 3.63) is 24.1 Å². The fraction of sp³-hybridized carbons (Fsp3) is 0.615. The molecule has 4 N–H and O–H groups in total. The zero-order valence-corrected chi connectivity index (χ0v) is 38.6. The molecule has 63 heavy (non-hydrogen) atoms. The molecule has 1 fully saturated rings. The number of amidine groups is 1. The molecule has 3 atom stereocenters. The first-order chi connectivity index (χ1) is 29.3. The molecule has 4 heterocycles. The van der Waals surface area contributed by atoms with Crippen LogP contribution in [-0.4, -0.2) is 129 Å². The Morgan fingerprint density at radius 3 is 2.19 bits per heavy atom. The number of carbonyl (C=O) groups is 5. The van der Waals surface area contributed by atoms with E-state index in [1.54, 1.807) is 47.6 Å². The van der Waals surface area contributed by atoms with Gasteiger partial charge in [0.25, 0.3) is 17.7 Å². The molecule has 0 aromatic carbocycles. The van der Waals surface area contributed by atoms with Gasteiger partial charge in [0.05, 0.1) is 31.1 Å². The van der Waals surface area contributed by atoms with Crippen molar-refractivity contribution in [1.29, 1.82) is 0 Å². The fourth-order valence-electron chi connectivity index (χ4n) is 5.43. The van der Waals surface area contributed by atoms with Crippen LogP contribution in [0.1, 0.15) is 105 Å². The Hall–Kier alpha value is -5.49. The number of carbonyl (C=O) groups excluding carboxylic acids is 5. The number of oxime groups is 1. The summed E-state index contributed by atoms with van der Waals surface area (Å²) in [4.78, 5) is 80.1. The van der Waals surface area contributed by atoms with Crippen molar-refractivity contribution in [3.8, 4) is 22.9 Å². The zero-order valence-electron chi connectivity index (χ0n) is 36.9. The van der Waals surface area contributed by atoms with Crippen LogP contribution >= 0.6 is 11.8 Å². The summed E-state index contributed by atoms with van der Waals surface area (Å²) < 4.78 is 62.3. The first-order valence-electron chi connectivity index (χ1n) is 20.2. The predicted octanol–water partition coefficient (Wildman–Crippen LogP) is 3.81. The quantitative estimate of drug-likeness (QED) is 0.0389. The molecule has 4 rings (SSSR count). The number of aliphatic imine (C=N–C) groups is 1. The van der Waals surface area contributed by atoms with Crippen LogP contribution in [0.4, 0.5) is 4.79 Å². The summed E-state index contributed by atoms with van der Waals surface area (Å²) in [6.07, 6.45) is 4.12. The molecule has 0 bridgehead atoms. The number of β-lactam (4-membered cyclic amide) rings is 1. The minimum Gasteiger partial charge on any atom is -0.490 e. The number of pyridine rings is 1. The van der Waals surface area contributed by atoms with Gasteiger partial charge in [-0.2, -0.15) is 8.42 Å². The average Bonchev–Trinajstić information content (AvgIpc) is 3.84. The Morgan fingerprint density at radius 2 is 1.59 bits per heavy atom. The lowest BCUT2D eigenvalue weighted by Gasteiger charge is -2.44. The average molecular weight is 925 g/mol. The maximum atomic E-state index is 13.9. The second-order valence-electron chi connectivity index (χ2n) is 16.8. The van der Waals surface area contributed by atoms with E-state index >= 15 is 0 Å². The van der Waals surface area contributed by atoms with Crippen LogP contribution in [0.15, 0.2) is 33.0 Å². The van der Waals surface area contributed by atoms with Gasteiger partial charge >= 0.3 is 22.4 Å². The first-order valence-corrected chi connectivity index (χ1v) is 22.5. The van der Waals surface area contributed by atoms with E-state index in [1.165, 1.54) is 26.1 Å². The summed E-state index contributed by atoms with van der Waals surface area (Å²) >= 11 is 1.02. The summed E-state index contributed by atoms with van der Waals surface area (Å²) in [6.45, 7) is 16.9. The Labute approximate surface area is 369 Å². The molecule has 0 aliphatic carbocycles. The molecule has 0 saturated carbocycles. The van der Waals surface area contributed by atoms with Crippen molar-refractivity contribution in [3.63, 3.8) is 0 Å². The molecule has 1 unspecified atom stereocenters. The van der Waals surface area contributed by atoms with E-state index in [0.29, 0.717) is 30.4 Å². The molecule has 1 saturated heterocycles. The van der Waals surface area contributed by atoms with E-state index < -0.39 is 87.3 Å². The third kappa shape index (κ3) is 14.3. The molecule has 2 aliphatic rings. The lowest BCUT2D eigenvalue weighted by atomic mass is 9.98. The lowest BCUT2D eigenvalue weighted by Crippen LogP contribution is -2.74. The van der Waals surface area contributed by atoms with Crippen molar-refractivity contribution in [1.82, 2.24) is 30.4 Å². The lowest BCUT2D eigenvalue weighted by molar-refractivity contribution is -0.179. The van der Waals surface area contributed by atoms with Gasteiger partial charge in [-0.05, 0) is 68.2 Å². The highest BCUT2D eigenvalue weighted by molar-refractivity contribution is 8.14. The van der Waals surface area contributed by atoms with E-state index in [2.05, 4.69) is 36.2 Å². The number of unbranched alkanes of at least 4 members (excludes halogenated alkanes) is 2. The summed E-state index contributed by atoms with van der Waals surface area (Å²) in [6, 6.07) is -1.47. The number of amides is 4. The number of rotatable bonds is 19. The number of alkyl carbamates (subject to hydrolysis) is 1. The zero-order chi connectivity index (χ0) is 46.9. The second-order valence-corrected chi connectivity index (χ2v) is 19.1. The monoisotopic (exact) mass is 924 g/mol. The minimum absolute atomic E-state index is 0.0155. The molecule has 0 spiro atoms. The SMILES string of the molecule is CCCCOc1cnc(-c2cc(C(=O)NC[C@@H]3[C@H](NC(=O)/C(=N\OC(C)(C)C(=O)OC(C)(C)C)C4CSC(NC(=O)OC(C)(C)C)=N4)C(=O)N3S(=O)(=O)O)on2)cc1OCCCC. The number of esters is 1. The Kier molecular flexibility index (Phi) is 16.6. The van der Waals surface area contributed by atoms with E-state index in [9.17, 15) is 36.9 Å². The van der Waals surface area contributed by atoms with E-state index in [0.717, 1.165) is 37.4 Å². The van der Waals surface area contributed by atoms with Crippen molar-refractivity contribution < 1.29 is 65.3 Å². The van der Waals surface area contributed by atoms with Gasteiger partial charge in [-0.1, -0.05) is 48.8 Å². The molecule has 4 amide bonds. The number of nitrogens with zero attached hydrogens (tertiary/aromatic N) is 5. The topological polar surface area (TPSA) is 289 Å². The van der Waals surface area contributed by atoms with Crippen molar-refractivity contribution in [2.45, 2.75) is 130 Å². The van der Waals surface area contributed by atoms with Crippen LogP contribution in [-0.2, 0) is 39.0 Å². The molecule has 348 valence electrons. The van der Waals surface area contributed by atoms with E-state index in [1.807, 2.05) is 13.8 Å². The summed E-state index contributed by atoms with van der Waals surface area (Å²) in [7, 11) is -5.19. The third-order valence-electron chi connectivity index (χ3n) is 8.58. The highest BCUT2D eigenvalue weighted by atomic mass is 32.2. The number of nitrogens with one attached hydrogen (secondary N) is 3. The van der Waals surface area contributed by atoms with Gasteiger partial charge in [0, 0.05) is 24.4 Å². The summed E-state index contributed by atoms with van der Waals surface area (Å²) in [5, 5.41) is 15.2. The van der Waals surface area contributed by atoms with Crippen molar-refractivity contribution in [2.24, 2.45) is 10.1 Å². The number of ether oxygens (including phenoxy) is 4. The Balaban J connectivity index is 1.55. The van der Waals surface area contributed by atoms with Crippen LogP contribution in [0.3, 0.4) is 0 Å². The fourth-order valence-corrected chi connectivity index (χ4v) is 7.22. The molecule has 0 radical (unpaired) electrons. The van der Waals surface area contributed by atoms with Crippen LogP contribution in [0, 0.1) is 0 Å². The number of thioether (sulfide) groups is 1. The van der Waals surface area contributed by atoms with Gasteiger partial charge in [0.15, 0.2) is 22.4 Å². The molecule has 22 nitrogen and oxygen atoms in total. The van der Waals surface area contributed by atoms with Gasteiger partial charge in [0.1, 0.15) is 29.0 Å².